The van der Waals surface area contributed by atoms with E-state index in [0.29, 0.717) is 12.3 Å². The maximum atomic E-state index is 14.3. The minimum Gasteiger partial charge on any atom is -0.496 e. The molecular weight excluding hydrogens is 269 g/mol. The molecule has 0 aliphatic carbocycles. The molecule has 0 amide bonds. The van der Waals surface area contributed by atoms with Crippen LogP contribution < -0.4 is 10.1 Å². The van der Waals surface area contributed by atoms with E-state index in [1.807, 2.05) is 24.3 Å². The summed E-state index contributed by atoms with van der Waals surface area (Å²) in [7, 11) is 1.48. The molecule has 0 fully saturated rings. The van der Waals surface area contributed by atoms with E-state index < -0.39 is 11.4 Å². The average Bonchev–Trinajstić information content (AvgIpc) is 2.91. The zero-order valence-corrected chi connectivity index (χ0v) is 12.1. The highest BCUT2D eigenvalue weighted by Gasteiger charge is 2.42. The largest absolute Gasteiger partial charge is 0.496 e. The molecular formula is C17H18FNO2. The van der Waals surface area contributed by atoms with Gasteiger partial charge in [0.25, 0.3) is 0 Å². The lowest BCUT2D eigenvalue weighted by Crippen LogP contribution is -2.37. The standard InChI is InChI=1S/C17H18FNO2/c1-17(20,15-13(18)8-5-9-14(15)21-2)16-12-7-4-3-6-11(12)10-19-16/h3-9,16,19-20H,10H2,1-2H3. The van der Waals surface area contributed by atoms with Crippen molar-refractivity contribution in [2.45, 2.75) is 25.1 Å². The van der Waals surface area contributed by atoms with Gasteiger partial charge in [0, 0.05) is 6.54 Å². The Kier molecular flexibility index (Phi) is 3.43. The fraction of sp³-hybridized carbons (Fsp3) is 0.294. The van der Waals surface area contributed by atoms with Gasteiger partial charge < -0.3 is 15.2 Å². The first-order valence-electron chi connectivity index (χ1n) is 6.92. The van der Waals surface area contributed by atoms with E-state index in [1.165, 1.54) is 13.2 Å². The highest BCUT2D eigenvalue weighted by Crippen LogP contribution is 2.43. The third-order valence-electron chi connectivity index (χ3n) is 4.13. The first kappa shape index (κ1) is 14.0. The Hall–Kier alpha value is -1.91. The molecule has 2 unspecified atom stereocenters. The van der Waals surface area contributed by atoms with E-state index in [4.69, 9.17) is 4.74 Å². The van der Waals surface area contributed by atoms with Crippen molar-refractivity contribution in [1.82, 2.24) is 5.32 Å². The molecule has 2 atom stereocenters. The molecule has 1 aliphatic heterocycles. The second-order valence-electron chi connectivity index (χ2n) is 5.48. The third-order valence-corrected chi connectivity index (χ3v) is 4.13. The van der Waals surface area contributed by atoms with Crippen molar-refractivity contribution in [3.05, 3.63) is 65.0 Å². The number of halogens is 1. The number of aliphatic hydroxyl groups is 1. The molecule has 110 valence electrons. The molecule has 1 aliphatic rings. The van der Waals surface area contributed by atoms with Crippen molar-refractivity contribution < 1.29 is 14.2 Å². The van der Waals surface area contributed by atoms with Gasteiger partial charge in [-0.25, -0.2) is 4.39 Å². The summed E-state index contributed by atoms with van der Waals surface area (Å²) in [6, 6.07) is 12.1. The minimum atomic E-state index is -1.41. The quantitative estimate of drug-likeness (QED) is 0.912. The predicted octanol–water partition coefficient (Wildman–Crippen LogP) is 2.89. The van der Waals surface area contributed by atoms with Crippen molar-refractivity contribution >= 4 is 0 Å². The first-order valence-corrected chi connectivity index (χ1v) is 6.92. The zero-order valence-electron chi connectivity index (χ0n) is 12.1. The van der Waals surface area contributed by atoms with Crippen LogP contribution in [0.2, 0.25) is 0 Å². The number of nitrogens with one attached hydrogen (secondary N) is 1. The summed E-state index contributed by atoms with van der Waals surface area (Å²) in [6.45, 7) is 2.28. The fourth-order valence-corrected chi connectivity index (χ4v) is 3.11. The molecule has 2 aromatic carbocycles. The Morgan fingerprint density at radius 3 is 2.76 bits per heavy atom. The lowest BCUT2D eigenvalue weighted by molar-refractivity contribution is 0.0122. The molecule has 2 aromatic rings. The highest BCUT2D eigenvalue weighted by molar-refractivity contribution is 5.44. The Balaban J connectivity index is 2.10. The van der Waals surface area contributed by atoms with Gasteiger partial charge >= 0.3 is 0 Å². The normalized spacial score (nSPS) is 19.9. The van der Waals surface area contributed by atoms with Crippen LogP contribution in [-0.4, -0.2) is 12.2 Å². The monoisotopic (exact) mass is 287 g/mol. The van der Waals surface area contributed by atoms with Crippen LogP contribution in [0.3, 0.4) is 0 Å². The van der Waals surface area contributed by atoms with Gasteiger partial charge in [-0.3, -0.25) is 0 Å². The first-order chi connectivity index (χ1) is 10.1. The second-order valence-corrected chi connectivity index (χ2v) is 5.48. The molecule has 0 saturated heterocycles. The summed E-state index contributed by atoms with van der Waals surface area (Å²) >= 11 is 0. The SMILES string of the molecule is COc1cccc(F)c1C(C)(O)C1NCc2ccccc21. The third kappa shape index (κ3) is 2.20. The fourth-order valence-electron chi connectivity index (χ4n) is 3.11. The summed E-state index contributed by atoms with van der Waals surface area (Å²) < 4.78 is 19.5. The van der Waals surface area contributed by atoms with Crippen LogP contribution in [0.1, 0.15) is 29.7 Å². The number of benzene rings is 2. The maximum Gasteiger partial charge on any atom is 0.133 e. The van der Waals surface area contributed by atoms with Crippen LogP contribution in [0.5, 0.6) is 5.75 Å². The van der Waals surface area contributed by atoms with Gasteiger partial charge in [0.2, 0.25) is 0 Å². The van der Waals surface area contributed by atoms with Gasteiger partial charge in [-0.2, -0.15) is 0 Å². The molecule has 0 aromatic heterocycles. The molecule has 0 radical (unpaired) electrons. The molecule has 3 nitrogen and oxygen atoms in total. The number of ether oxygens (including phenoxy) is 1. The lowest BCUT2D eigenvalue weighted by Gasteiger charge is -2.32. The zero-order chi connectivity index (χ0) is 15.0. The number of hydrogen-bond donors (Lipinski definition) is 2. The van der Waals surface area contributed by atoms with E-state index in [1.54, 1.807) is 19.1 Å². The van der Waals surface area contributed by atoms with Crippen LogP contribution in [0.25, 0.3) is 0 Å². The molecule has 21 heavy (non-hydrogen) atoms. The van der Waals surface area contributed by atoms with Crippen molar-refractivity contribution in [3.63, 3.8) is 0 Å². The van der Waals surface area contributed by atoms with E-state index >= 15 is 0 Å². The van der Waals surface area contributed by atoms with Gasteiger partial charge in [0.05, 0.1) is 18.7 Å². The summed E-state index contributed by atoms with van der Waals surface area (Å²) in [5, 5.41) is 14.3. The molecule has 2 N–H and O–H groups in total. The van der Waals surface area contributed by atoms with Gasteiger partial charge in [-0.15, -0.1) is 0 Å². The van der Waals surface area contributed by atoms with Crippen LogP contribution in [0.15, 0.2) is 42.5 Å². The summed E-state index contributed by atoms with van der Waals surface area (Å²) in [4.78, 5) is 0. The Bertz CT molecular complexity index is 670. The van der Waals surface area contributed by atoms with Gasteiger partial charge in [0.15, 0.2) is 0 Å². The second kappa shape index (κ2) is 5.13. The van der Waals surface area contributed by atoms with Crippen LogP contribution in [-0.2, 0) is 12.1 Å². The molecule has 0 saturated carbocycles. The van der Waals surface area contributed by atoms with Crippen molar-refractivity contribution in [2.24, 2.45) is 0 Å². The number of hydrogen-bond acceptors (Lipinski definition) is 3. The summed E-state index contributed by atoms with van der Waals surface area (Å²) in [6.07, 6.45) is 0. The molecule has 3 rings (SSSR count). The molecule has 0 spiro atoms. The van der Waals surface area contributed by atoms with Crippen LogP contribution in [0, 0.1) is 5.82 Å². The molecule has 1 heterocycles. The van der Waals surface area contributed by atoms with Crippen molar-refractivity contribution in [3.8, 4) is 5.75 Å². The number of rotatable bonds is 3. The van der Waals surface area contributed by atoms with Gasteiger partial charge in [0.1, 0.15) is 17.2 Å². The van der Waals surface area contributed by atoms with E-state index in [2.05, 4.69) is 5.32 Å². The molecule has 4 heteroatoms. The van der Waals surface area contributed by atoms with Crippen molar-refractivity contribution in [2.75, 3.05) is 7.11 Å². The van der Waals surface area contributed by atoms with E-state index in [0.717, 1.165) is 11.1 Å². The predicted molar refractivity (Wildman–Crippen MR) is 78.5 cm³/mol. The Morgan fingerprint density at radius 2 is 2.00 bits per heavy atom. The maximum absolute atomic E-state index is 14.3. The minimum absolute atomic E-state index is 0.182. The van der Waals surface area contributed by atoms with Crippen LogP contribution >= 0.6 is 0 Å². The van der Waals surface area contributed by atoms with Crippen molar-refractivity contribution in [1.29, 1.82) is 0 Å². The van der Waals surface area contributed by atoms with E-state index in [-0.39, 0.29) is 11.6 Å². The van der Waals surface area contributed by atoms with Crippen LogP contribution in [0.4, 0.5) is 4.39 Å². The van der Waals surface area contributed by atoms with Gasteiger partial charge in [-0.05, 0) is 30.2 Å². The lowest BCUT2D eigenvalue weighted by atomic mass is 9.83. The Labute approximate surface area is 123 Å². The Morgan fingerprint density at radius 1 is 1.24 bits per heavy atom. The summed E-state index contributed by atoms with van der Waals surface area (Å²) in [5.41, 5.74) is 0.885. The highest BCUT2D eigenvalue weighted by atomic mass is 19.1. The number of methoxy groups -OCH3 is 1. The van der Waals surface area contributed by atoms with Gasteiger partial charge in [-0.1, -0.05) is 30.3 Å². The van der Waals surface area contributed by atoms with E-state index in [9.17, 15) is 9.50 Å². The number of fused-ring (bicyclic) bond motifs is 1. The molecule has 0 bridgehead atoms. The smallest absolute Gasteiger partial charge is 0.133 e. The topological polar surface area (TPSA) is 41.5 Å². The average molecular weight is 287 g/mol. The summed E-state index contributed by atoms with van der Waals surface area (Å²) in [5.74, 6) is -0.114.